The zero-order valence-corrected chi connectivity index (χ0v) is 15.8. The van der Waals surface area contributed by atoms with Crippen molar-refractivity contribution in [1.82, 2.24) is 10.3 Å². The predicted molar refractivity (Wildman–Crippen MR) is 104 cm³/mol. The lowest BCUT2D eigenvalue weighted by atomic mass is 9.77. The van der Waals surface area contributed by atoms with Crippen LogP contribution in [0.25, 0.3) is 11.3 Å². The molecular formula is C20H20N4O5. The highest BCUT2D eigenvalue weighted by atomic mass is 16.6. The summed E-state index contributed by atoms with van der Waals surface area (Å²) >= 11 is 0. The molecule has 2 fully saturated rings. The van der Waals surface area contributed by atoms with Gasteiger partial charge in [0.15, 0.2) is 0 Å². The molecule has 0 bridgehead atoms. The number of nitrogens with one attached hydrogen (secondary N) is 1. The van der Waals surface area contributed by atoms with Crippen LogP contribution in [0, 0.1) is 16.0 Å². The Hall–Kier alpha value is -3.49. The van der Waals surface area contributed by atoms with Crippen LogP contribution >= 0.6 is 0 Å². The molecule has 2 aromatic rings. The molecule has 29 heavy (non-hydrogen) atoms. The van der Waals surface area contributed by atoms with Gasteiger partial charge in [0.05, 0.1) is 11.1 Å². The number of nitro groups is 1. The summed E-state index contributed by atoms with van der Waals surface area (Å²) < 4.78 is 5.66. The van der Waals surface area contributed by atoms with Gasteiger partial charge in [-0.1, -0.05) is 6.92 Å². The van der Waals surface area contributed by atoms with Gasteiger partial charge < -0.3 is 9.73 Å². The van der Waals surface area contributed by atoms with E-state index in [9.17, 15) is 19.7 Å². The fraction of sp³-hybridized carbons (Fsp3) is 0.350. The molecule has 1 saturated heterocycles. The molecule has 1 aromatic carbocycles. The third kappa shape index (κ3) is 3.51. The number of urea groups is 1. The molecule has 150 valence electrons. The van der Waals surface area contributed by atoms with Gasteiger partial charge in [-0.15, -0.1) is 5.01 Å². The maximum atomic E-state index is 12.8. The summed E-state index contributed by atoms with van der Waals surface area (Å²) in [6.45, 7) is 2.14. The van der Waals surface area contributed by atoms with Crippen molar-refractivity contribution in [3.63, 3.8) is 0 Å². The van der Waals surface area contributed by atoms with Gasteiger partial charge in [-0.2, -0.15) is 5.10 Å². The number of carbonyl (C=O) groups is 2. The molecule has 3 amide bonds. The van der Waals surface area contributed by atoms with Crippen molar-refractivity contribution in [2.24, 2.45) is 11.0 Å². The fourth-order valence-corrected chi connectivity index (χ4v) is 3.74. The van der Waals surface area contributed by atoms with Crippen molar-refractivity contribution < 1.29 is 18.9 Å². The molecular weight excluding hydrogens is 376 g/mol. The number of hydrogen-bond acceptors (Lipinski definition) is 6. The highest BCUT2D eigenvalue weighted by Gasteiger charge is 2.52. The first-order valence-corrected chi connectivity index (χ1v) is 9.43. The molecule has 1 N–H and O–H groups in total. The van der Waals surface area contributed by atoms with E-state index < -0.39 is 16.5 Å². The zero-order valence-electron chi connectivity index (χ0n) is 15.8. The van der Waals surface area contributed by atoms with Crippen LogP contribution in [0.5, 0.6) is 0 Å². The number of hydrogen-bond donors (Lipinski definition) is 1. The Bertz CT molecular complexity index is 987. The lowest BCUT2D eigenvalue weighted by Gasteiger charge is -2.33. The molecule has 1 aromatic heterocycles. The number of carbonyl (C=O) groups excluding carboxylic acids is 2. The summed E-state index contributed by atoms with van der Waals surface area (Å²) in [4.78, 5) is 35.3. The summed E-state index contributed by atoms with van der Waals surface area (Å²) in [5, 5.41) is 18.5. The van der Waals surface area contributed by atoms with Crippen LogP contribution in [0.4, 0.5) is 10.5 Å². The van der Waals surface area contributed by atoms with Gasteiger partial charge in [0.1, 0.15) is 17.1 Å². The molecule has 1 spiro atoms. The van der Waals surface area contributed by atoms with Crippen LogP contribution in [0.2, 0.25) is 0 Å². The summed E-state index contributed by atoms with van der Waals surface area (Å²) in [5.74, 6) is 1.07. The first-order chi connectivity index (χ1) is 13.9. The van der Waals surface area contributed by atoms with Crippen LogP contribution in [0.15, 0.2) is 45.9 Å². The Morgan fingerprint density at radius 1 is 1.21 bits per heavy atom. The molecule has 0 radical (unpaired) electrons. The van der Waals surface area contributed by atoms with Crippen LogP contribution in [0.3, 0.4) is 0 Å². The number of rotatable bonds is 4. The Morgan fingerprint density at radius 2 is 1.90 bits per heavy atom. The molecule has 4 rings (SSSR count). The minimum atomic E-state index is -0.839. The normalized spacial score (nSPS) is 24.4. The molecule has 9 nitrogen and oxygen atoms in total. The van der Waals surface area contributed by atoms with Crippen LogP contribution in [-0.4, -0.2) is 33.6 Å². The van der Waals surface area contributed by atoms with Gasteiger partial charge in [0.2, 0.25) is 0 Å². The second-order valence-electron chi connectivity index (χ2n) is 7.56. The maximum absolute atomic E-state index is 12.8. The lowest BCUT2D eigenvalue weighted by Crippen LogP contribution is -2.49. The molecule has 1 aliphatic heterocycles. The van der Waals surface area contributed by atoms with Crippen molar-refractivity contribution in [3.05, 3.63) is 52.3 Å². The van der Waals surface area contributed by atoms with Crippen LogP contribution < -0.4 is 5.32 Å². The number of nitro benzene ring substituents is 1. The van der Waals surface area contributed by atoms with E-state index in [0.717, 1.165) is 17.9 Å². The van der Waals surface area contributed by atoms with E-state index in [2.05, 4.69) is 17.3 Å². The number of furan rings is 1. The second-order valence-corrected chi connectivity index (χ2v) is 7.56. The average Bonchev–Trinajstić information content (AvgIpc) is 3.27. The van der Waals surface area contributed by atoms with E-state index in [0.29, 0.717) is 35.8 Å². The Labute approximate surface area is 166 Å². The zero-order chi connectivity index (χ0) is 20.6. The molecule has 2 heterocycles. The van der Waals surface area contributed by atoms with E-state index in [-0.39, 0.29) is 11.6 Å². The number of amides is 3. The van der Waals surface area contributed by atoms with Gasteiger partial charge in [-0.25, -0.2) is 4.79 Å². The summed E-state index contributed by atoms with van der Waals surface area (Å²) in [6, 6.07) is 8.77. The largest absolute Gasteiger partial charge is 0.455 e. The number of benzene rings is 1. The number of imide groups is 1. The topological polar surface area (TPSA) is 118 Å². The third-order valence-electron chi connectivity index (χ3n) is 5.56. The van der Waals surface area contributed by atoms with Crippen molar-refractivity contribution in [1.29, 1.82) is 0 Å². The monoisotopic (exact) mass is 396 g/mol. The fourth-order valence-electron chi connectivity index (χ4n) is 3.74. The first kappa shape index (κ1) is 18.9. The molecule has 0 atom stereocenters. The van der Waals surface area contributed by atoms with Gasteiger partial charge in [0.25, 0.3) is 11.6 Å². The van der Waals surface area contributed by atoms with Crippen molar-refractivity contribution in [2.75, 3.05) is 0 Å². The van der Waals surface area contributed by atoms with Gasteiger partial charge >= 0.3 is 6.03 Å². The van der Waals surface area contributed by atoms with E-state index in [1.807, 2.05) is 0 Å². The minimum absolute atomic E-state index is 0.00770. The SMILES string of the molecule is CC1CCC2(CC1)NC(=O)N(/N=C\c1ccc(-c3ccc([N+](=O)[O-])cc3)o1)C2=O. The Morgan fingerprint density at radius 3 is 2.55 bits per heavy atom. The van der Waals surface area contributed by atoms with Crippen molar-refractivity contribution in [3.8, 4) is 11.3 Å². The van der Waals surface area contributed by atoms with E-state index in [4.69, 9.17) is 4.42 Å². The average molecular weight is 396 g/mol. The number of nitrogens with zero attached hydrogens (tertiary/aromatic N) is 3. The van der Waals surface area contributed by atoms with E-state index in [1.165, 1.54) is 18.3 Å². The molecule has 0 unspecified atom stereocenters. The summed E-state index contributed by atoms with van der Waals surface area (Å²) in [6.07, 6.45) is 4.34. The molecule has 1 aliphatic carbocycles. The van der Waals surface area contributed by atoms with Gasteiger partial charge in [-0.3, -0.25) is 14.9 Å². The van der Waals surface area contributed by atoms with Gasteiger partial charge in [0, 0.05) is 17.7 Å². The second kappa shape index (κ2) is 7.16. The van der Waals surface area contributed by atoms with E-state index in [1.54, 1.807) is 24.3 Å². The lowest BCUT2D eigenvalue weighted by molar-refractivity contribution is -0.384. The number of hydrazone groups is 1. The Kier molecular flexibility index (Phi) is 4.65. The van der Waals surface area contributed by atoms with E-state index >= 15 is 0 Å². The van der Waals surface area contributed by atoms with Crippen molar-refractivity contribution in [2.45, 2.75) is 38.1 Å². The highest BCUT2D eigenvalue weighted by molar-refractivity contribution is 6.07. The highest BCUT2D eigenvalue weighted by Crippen LogP contribution is 2.36. The standard InChI is InChI=1S/C20H20N4O5/c1-13-8-10-20(11-9-13)18(25)23(19(26)22-20)21-12-16-6-7-17(29-16)14-2-4-15(5-3-14)24(27)28/h2-7,12-13H,8-11H2,1H3,(H,22,26)/b21-12-. The smallest absolute Gasteiger partial charge is 0.346 e. The molecule has 1 saturated carbocycles. The van der Waals surface area contributed by atoms with Crippen LogP contribution in [0.1, 0.15) is 38.4 Å². The minimum Gasteiger partial charge on any atom is -0.455 e. The Balaban J connectivity index is 1.48. The van der Waals surface area contributed by atoms with Crippen molar-refractivity contribution >= 4 is 23.8 Å². The van der Waals surface area contributed by atoms with Crippen LogP contribution in [-0.2, 0) is 4.79 Å². The summed E-state index contributed by atoms with van der Waals surface area (Å²) in [7, 11) is 0. The molecule has 2 aliphatic rings. The van der Waals surface area contributed by atoms with Gasteiger partial charge in [-0.05, 0) is 55.9 Å². The number of non-ortho nitro benzene ring substituents is 1. The predicted octanol–water partition coefficient (Wildman–Crippen LogP) is 3.69. The first-order valence-electron chi connectivity index (χ1n) is 9.43. The summed E-state index contributed by atoms with van der Waals surface area (Å²) in [5.41, 5.74) is -0.180. The quantitative estimate of drug-likeness (QED) is 0.366. The third-order valence-corrected chi connectivity index (χ3v) is 5.56. The molecule has 9 heteroatoms. The maximum Gasteiger partial charge on any atom is 0.346 e.